The minimum Gasteiger partial charge on any atom is -0.345 e. The molecule has 1 unspecified atom stereocenters. The van der Waals surface area contributed by atoms with Crippen LogP contribution in [0.15, 0.2) is 48.5 Å². The van der Waals surface area contributed by atoms with Crippen molar-refractivity contribution < 1.29 is 18.4 Å². The standard InChI is InChI=1S/C19H20F2N2O2/c1-13(19(25)23-17-11-5-4-10-16(17)21)22-18(24)12-6-8-14-7-2-3-9-15(14)20/h2-5,7,9-11,13H,6,8,12H2,1H3,(H,22,24)(H,23,25). The number of carbonyl (C=O) groups is 2. The topological polar surface area (TPSA) is 58.2 Å². The van der Waals surface area contributed by atoms with Crippen LogP contribution in [0.3, 0.4) is 0 Å². The Balaban J connectivity index is 1.77. The quantitative estimate of drug-likeness (QED) is 0.807. The van der Waals surface area contributed by atoms with E-state index in [2.05, 4.69) is 10.6 Å². The number of amides is 2. The van der Waals surface area contributed by atoms with E-state index in [-0.39, 0.29) is 23.8 Å². The van der Waals surface area contributed by atoms with Crippen molar-refractivity contribution in [2.75, 3.05) is 5.32 Å². The molecule has 0 fully saturated rings. The maximum atomic E-state index is 13.5. The van der Waals surface area contributed by atoms with Gasteiger partial charge in [0.2, 0.25) is 11.8 Å². The average Bonchev–Trinajstić information content (AvgIpc) is 2.58. The number of rotatable bonds is 7. The van der Waals surface area contributed by atoms with Crippen molar-refractivity contribution in [2.45, 2.75) is 32.2 Å². The zero-order chi connectivity index (χ0) is 18.2. The first-order valence-corrected chi connectivity index (χ1v) is 8.05. The molecule has 4 nitrogen and oxygen atoms in total. The van der Waals surface area contributed by atoms with Crippen LogP contribution in [-0.4, -0.2) is 17.9 Å². The summed E-state index contributed by atoms with van der Waals surface area (Å²) in [5.74, 6) is -1.65. The normalized spacial score (nSPS) is 11.6. The van der Waals surface area contributed by atoms with E-state index in [0.29, 0.717) is 18.4 Å². The number of nitrogens with one attached hydrogen (secondary N) is 2. The van der Waals surface area contributed by atoms with E-state index in [4.69, 9.17) is 0 Å². The van der Waals surface area contributed by atoms with Crippen molar-refractivity contribution in [1.29, 1.82) is 0 Å². The molecule has 0 aromatic heterocycles. The molecule has 2 N–H and O–H groups in total. The molecule has 1 atom stereocenters. The van der Waals surface area contributed by atoms with Crippen molar-refractivity contribution >= 4 is 17.5 Å². The number of carbonyl (C=O) groups excluding carboxylic acids is 2. The zero-order valence-corrected chi connectivity index (χ0v) is 13.9. The minimum absolute atomic E-state index is 0.0631. The van der Waals surface area contributed by atoms with Crippen molar-refractivity contribution in [3.05, 3.63) is 65.7 Å². The van der Waals surface area contributed by atoms with Gasteiger partial charge < -0.3 is 10.6 Å². The van der Waals surface area contributed by atoms with Gasteiger partial charge in [-0.3, -0.25) is 9.59 Å². The summed E-state index contributed by atoms with van der Waals surface area (Å²) < 4.78 is 27.0. The van der Waals surface area contributed by atoms with E-state index in [1.165, 1.54) is 31.2 Å². The lowest BCUT2D eigenvalue weighted by Crippen LogP contribution is -2.41. The molecule has 0 aliphatic heterocycles. The Morgan fingerprint density at radius 1 is 1.00 bits per heavy atom. The molecule has 0 aliphatic rings. The van der Waals surface area contributed by atoms with Gasteiger partial charge in [0.1, 0.15) is 17.7 Å². The monoisotopic (exact) mass is 346 g/mol. The molecule has 2 rings (SSSR count). The SMILES string of the molecule is CC(NC(=O)CCCc1ccccc1F)C(=O)Nc1ccccc1F. The number of anilines is 1. The summed E-state index contributed by atoms with van der Waals surface area (Å²) >= 11 is 0. The van der Waals surface area contributed by atoms with Crippen LogP contribution in [0.1, 0.15) is 25.3 Å². The van der Waals surface area contributed by atoms with Gasteiger partial charge in [-0.25, -0.2) is 8.78 Å². The van der Waals surface area contributed by atoms with E-state index in [0.717, 1.165) is 0 Å². The lowest BCUT2D eigenvalue weighted by Gasteiger charge is -2.14. The second-order valence-electron chi connectivity index (χ2n) is 5.70. The minimum atomic E-state index is -0.805. The lowest BCUT2D eigenvalue weighted by atomic mass is 10.1. The third-order valence-electron chi connectivity index (χ3n) is 3.71. The summed E-state index contributed by atoms with van der Waals surface area (Å²) in [5, 5.41) is 4.98. The predicted octanol–water partition coefficient (Wildman–Crippen LogP) is 3.43. The van der Waals surface area contributed by atoms with Crippen LogP contribution in [0.5, 0.6) is 0 Å². The number of benzene rings is 2. The predicted molar refractivity (Wildman–Crippen MR) is 92.0 cm³/mol. The van der Waals surface area contributed by atoms with E-state index in [9.17, 15) is 18.4 Å². The van der Waals surface area contributed by atoms with Crippen LogP contribution in [-0.2, 0) is 16.0 Å². The van der Waals surface area contributed by atoms with Crippen molar-refractivity contribution in [3.8, 4) is 0 Å². The number of hydrogen-bond acceptors (Lipinski definition) is 2. The third-order valence-corrected chi connectivity index (χ3v) is 3.71. The van der Waals surface area contributed by atoms with Crippen molar-refractivity contribution in [1.82, 2.24) is 5.32 Å². The zero-order valence-electron chi connectivity index (χ0n) is 13.9. The molecule has 0 saturated heterocycles. The molecule has 0 bridgehead atoms. The van der Waals surface area contributed by atoms with Gasteiger partial charge in [0.15, 0.2) is 0 Å². The Morgan fingerprint density at radius 2 is 1.64 bits per heavy atom. The van der Waals surface area contributed by atoms with Gasteiger partial charge in [0.05, 0.1) is 5.69 Å². The Labute approximate surface area is 145 Å². The number of para-hydroxylation sites is 1. The summed E-state index contributed by atoms with van der Waals surface area (Å²) in [5.41, 5.74) is 0.619. The number of halogens is 2. The highest BCUT2D eigenvalue weighted by Crippen LogP contribution is 2.13. The Kier molecular flexibility index (Phi) is 6.62. The molecule has 0 saturated carbocycles. The Morgan fingerprint density at radius 3 is 2.32 bits per heavy atom. The van der Waals surface area contributed by atoms with Crippen LogP contribution in [0.2, 0.25) is 0 Å². The molecule has 0 spiro atoms. The largest absolute Gasteiger partial charge is 0.345 e. The first-order valence-electron chi connectivity index (χ1n) is 8.05. The van der Waals surface area contributed by atoms with Crippen LogP contribution in [0.25, 0.3) is 0 Å². The van der Waals surface area contributed by atoms with Crippen LogP contribution < -0.4 is 10.6 Å². The fraction of sp³-hybridized carbons (Fsp3) is 0.263. The smallest absolute Gasteiger partial charge is 0.246 e. The molecule has 25 heavy (non-hydrogen) atoms. The fourth-order valence-corrected chi connectivity index (χ4v) is 2.32. The first-order chi connectivity index (χ1) is 12.0. The van der Waals surface area contributed by atoms with Crippen molar-refractivity contribution in [2.24, 2.45) is 0 Å². The van der Waals surface area contributed by atoms with Gasteiger partial charge in [0.25, 0.3) is 0 Å². The van der Waals surface area contributed by atoms with E-state index in [1.807, 2.05) is 0 Å². The van der Waals surface area contributed by atoms with Crippen LogP contribution >= 0.6 is 0 Å². The molecule has 0 heterocycles. The summed E-state index contributed by atoms with van der Waals surface area (Å²) in [6.45, 7) is 1.52. The van der Waals surface area contributed by atoms with Crippen LogP contribution in [0, 0.1) is 11.6 Å². The molecule has 2 aromatic carbocycles. The molecule has 0 aliphatic carbocycles. The van der Waals surface area contributed by atoms with Gasteiger partial charge >= 0.3 is 0 Å². The summed E-state index contributed by atoms with van der Waals surface area (Å²) in [6.07, 6.45) is 1.08. The maximum Gasteiger partial charge on any atom is 0.246 e. The maximum absolute atomic E-state index is 13.5. The number of aryl methyl sites for hydroxylation is 1. The van der Waals surface area contributed by atoms with Gasteiger partial charge in [-0.15, -0.1) is 0 Å². The summed E-state index contributed by atoms with van der Waals surface area (Å²) in [4.78, 5) is 23.9. The second kappa shape index (κ2) is 8.92. The number of hydrogen-bond donors (Lipinski definition) is 2. The highest BCUT2D eigenvalue weighted by molar-refractivity contribution is 5.96. The molecule has 0 radical (unpaired) electrons. The molecule has 2 aromatic rings. The second-order valence-corrected chi connectivity index (χ2v) is 5.70. The summed E-state index contributed by atoms with van der Waals surface area (Å²) in [7, 11) is 0. The van der Waals surface area contributed by atoms with Crippen LogP contribution in [0.4, 0.5) is 14.5 Å². The average molecular weight is 346 g/mol. The van der Waals surface area contributed by atoms with Crippen molar-refractivity contribution in [3.63, 3.8) is 0 Å². The lowest BCUT2D eigenvalue weighted by molar-refractivity contribution is -0.126. The van der Waals surface area contributed by atoms with Gasteiger partial charge in [0, 0.05) is 6.42 Å². The molecule has 132 valence electrons. The van der Waals surface area contributed by atoms with Gasteiger partial charge in [-0.05, 0) is 43.5 Å². The highest BCUT2D eigenvalue weighted by atomic mass is 19.1. The Hall–Kier alpha value is -2.76. The molecule has 2 amide bonds. The molecular weight excluding hydrogens is 326 g/mol. The van der Waals surface area contributed by atoms with E-state index in [1.54, 1.807) is 24.3 Å². The van der Waals surface area contributed by atoms with E-state index >= 15 is 0 Å². The highest BCUT2D eigenvalue weighted by Gasteiger charge is 2.16. The Bertz CT molecular complexity index is 750. The first kappa shape index (κ1) is 18.6. The molecule has 6 heteroatoms. The fourth-order valence-electron chi connectivity index (χ4n) is 2.32. The van der Waals surface area contributed by atoms with E-state index < -0.39 is 17.8 Å². The third kappa shape index (κ3) is 5.67. The van der Waals surface area contributed by atoms with Gasteiger partial charge in [-0.2, -0.15) is 0 Å². The molecular formula is C19H20F2N2O2. The van der Waals surface area contributed by atoms with Gasteiger partial charge in [-0.1, -0.05) is 30.3 Å². The summed E-state index contributed by atoms with van der Waals surface area (Å²) in [6, 6.07) is 11.4.